The molecule has 1 aliphatic heterocycles. The molecular formula is C14H17ClN6. The number of nitrogens with zero attached hydrogens (tertiary/aromatic N) is 5. The highest BCUT2D eigenvalue weighted by Crippen LogP contribution is 2.39. The number of hydrogen-bond acceptors (Lipinski definition) is 5. The molecule has 1 fully saturated rings. The molecule has 7 heteroatoms. The van der Waals surface area contributed by atoms with Crippen LogP contribution in [0.2, 0.25) is 5.15 Å². The fourth-order valence-corrected chi connectivity index (χ4v) is 3.01. The van der Waals surface area contributed by atoms with E-state index < -0.39 is 0 Å². The van der Waals surface area contributed by atoms with Gasteiger partial charge in [-0.15, -0.1) is 0 Å². The van der Waals surface area contributed by atoms with Crippen LogP contribution < -0.4 is 5.32 Å². The molecule has 2 aliphatic rings. The van der Waals surface area contributed by atoms with Crippen molar-refractivity contribution in [2.45, 2.75) is 51.1 Å². The summed E-state index contributed by atoms with van der Waals surface area (Å²) in [6.07, 6.45) is 4.44. The predicted molar refractivity (Wildman–Crippen MR) is 79.4 cm³/mol. The molecule has 1 aliphatic carbocycles. The van der Waals surface area contributed by atoms with E-state index in [0.717, 1.165) is 55.5 Å². The van der Waals surface area contributed by atoms with Gasteiger partial charge in [-0.1, -0.05) is 11.6 Å². The average Bonchev–Trinajstić information content (AvgIpc) is 3.20. The Morgan fingerprint density at radius 2 is 2.10 bits per heavy atom. The second-order valence-corrected chi connectivity index (χ2v) is 6.18. The molecule has 1 atom stereocenters. The van der Waals surface area contributed by atoms with Crippen LogP contribution >= 0.6 is 11.6 Å². The van der Waals surface area contributed by atoms with E-state index in [-0.39, 0.29) is 6.04 Å². The Bertz CT molecular complexity index is 678. The van der Waals surface area contributed by atoms with Crippen LogP contribution in [0.1, 0.15) is 55.1 Å². The highest BCUT2D eigenvalue weighted by Gasteiger charge is 2.28. The van der Waals surface area contributed by atoms with Crippen LogP contribution in [-0.2, 0) is 6.54 Å². The number of anilines is 1. The van der Waals surface area contributed by atoms with Gasteiger partial charge in [-0.25, -0.2) is 19.6 Å². The SMILES string of the molecule is Cc1nc2n(n1)CCCC2Nc1cc(Cl)nc(C2CC2)n1. The van der Waals surface area contributed by atoms with E-state index in [1.807, 2.05) is 11.6 Å². The van der Waals surface area contributed by atoms with Crippen LogP contribution in [0.3, 0.4) is 0 Å². The maximum Gasteiger partial charge on any atom is 0.149 e. The van der Waals surface area contributed by atoms with Crippen molar-refractivity contribution >= 4 is 17.4 Å². The Morgan fingerprint density at radius 3 is 2.90 bits per heavy atom. The van der Waals surface area contributed by atoms with Crippen LogP contribution in [0.25, 0.3) is 0 Å². The van der Waals surface area contributed by atoms with Gasteiger partial charge in [0.25, 0.3) is 0 Å². The minimum Gasteiger partial charge on any atom is -0.360 e. The third kappa shape index (κ3) is 2.60. The van der Waals surface area contributed by atoms with Gasteiger partial charge in [-0.3, -0.25) is 0 Å². The van der Waals surface area contributed by atoms with Crippen molar-refractivity contribution in [1.29, 1.82) is 0 Å². The summed E-state index contributed by atoms with van der Waals surface area (Å²) in [6, 6.07) is 1.92. The third-order valence-corrected chi connectivity index (χ3v) is 4.15. The molecule has 1 saturated carbocycles. The highest BCUT2D eigenvalue weighted by molar-refractivity contribution is 6.29. The summed E-state index contributed by atoms with van der Waals surface area (Å²) in [4.78, 5) is 13.5. The maximum absolute atomic E-state index is 6.12. The zero-order chi connectivity index (χ0) is 14.4. The first-order chi connectivity index (χ1) is 10.2. The first-order valence-electron chi connectivity index (χ1n) is 7.41. The quantitative estimate of drug-likeness (QED) is 0.883. The van der Waals surface area contributed by atoms with Crippen molar-refractivity contribution in [1.82, 2.24) is 24.7 Å². The predicted octanol–water partition coefficient (Wildman–Crippen LogP) is 2.85. The molecule has 0 aromatic carbocycles. The van der Waals surface area contributed by atoms with Crippen LogP contribution in [0.4, 0.5) is 5.82 Å². The summed E-state index contributed by atoms with van der Waals surface area (Å²) in [5.41, 5.74) is 0. The maximum atomic E-state index is 6.12. The molecule has 0 amide bonds. The molecule has 0 bridgehead atoms. The fraction of sp³-hybridized carbons (Fsp3) is 0.571. The molecular weight excluding hydrogens is 288 g/mol. The van der Waals surface area contributed by atoms with E-state index in [9.17, 15) is 0 Å². The molecule has 2 aromatic rings. The second kappa shape index (κ2) is 4.94. The second-order valence-electron chi connectivity index (χ2n) is 5.79. The third-order valence-electron chi connectivity index (χ3n) is 3.96. The van der Waals surface area contributed by atoms with E-state index in [0.29, 0.717) is 11.1 Å². The van der Waals surface area contributed by atoms with Crippen molar-refractivity contribution in [2.24, 2.45) is 0 Å². The molecule has 2 aromatic heterocycles. The van der Waals surface area contributed by atoms with Gasteiger partial charge in [0, 0.05) is 18.5 Å². The first-order valence-corrected chi connectivity index (χ1v) is 7.79. The minimum atomic E-state index is 0.137. The molecule has 6 nitrogen and oxygen atoms in total. The number of hydrogen-bond donors (Lipinski definition) is 1. The Kier molecular flexibility index (Phi) is 3.06. The standard InChI is InChI=1S/C14H17ClN6/c1-8-16-14-10(3-2-6-21(14)20-8)17-12-7-11(15)18-13(19-12)9-4-5-9/h7,9-10H,2-6H2,1H3,(H,17,18,19). The zero-order valence-corrected chi connectivity index (χ0v) is 12.6. The van der Waals surface area contributed by atoms with Crippen LogP contribution in [0.5, 0.6) is 0 Å². The lowest BCUT2D eigenvalue weighted by atomic mass is 10.1. The smallest absolute Gasteiger partial charge is 0.149 e. The van der Waals surface area contributed by atoms with Gasteiger partial charge >= 0.3 is 0 Å². The molecule has 3 heterocycles. The summed E-state index contributed by atoms with van der Waals surface area (Å²) >= 11 is 6.12. The van der Waals surface area contributed by atoms with Gasteiger partial charge in [-0.2, -0.15) is 5.10 Å². The molecule has 0 radical (unpaired) electrons. The van der Waals surface area contributed by atoms with Crippen molar-refractivity contribution in [3.63, 3.8) is 0 Å². The summed E-state index contributed by atoms with van der Waals surface area (Å²) in [5, 5.41) is 8.38. The zero-order valence-electron chi connectivity index (χ0n) is 11.9. The molecule has 1 N–H and O–H groups in total. The number of nitrogens with one attached hydrogen (secondary N) is 1. The lowest BCUT2D eigenvalue weighted by molar-refractivity contribution is 0.436. The molecule has 21 heavy (non-hydrogen) atoms. The molecule has 0 saturated heterocycles. The van der Waals surface area contributed by atoms with Crippen LogP contribution in [0, 0.1) is 6.92 Å². The summed E-state index contributed by atoms with van der Waals surface area (Å²) < 4.78 is 1.99. The first kappa shape index (κ1) is 13.0. The molecule has 0 spiro atoms. The summed E-state index contributed by atoms with van der Waals surface area (Å²) in [5.74, 6) is 3.94. The number of aromatic nitrogens is 5. The summed E-state index contributed by atoms with van der Waals surface area (Å²) in [7, 11) is 0. The fourth-order valence-electron chi connectivity index (χ4n) is 2.82. The van der Waals surface area contributed by atoms with Gasteiger partial charge < -0.3 is 5.32 Å². The van der Waals surface area contributed by atoms with Gasteiger partial charge in [-0.05, 0) is 32.6 Å². The largest absolute Gasteiger partial charge is 0.360 e. The van der Waals surface area contributed by atoms with E-state index in [4.69, 9.17) is 11.6 Å². The normalized spacial score (nSPS) is 21.1. The number of rotatable bonds is 3. The number of aryl methyl sites for hydroxylation is 2. The Hall–Kier alpha value is -1.69. The van der Waals surface area contributed by atoms with Gasteiger partial charge in [0.1, 0.15) is 28.4 Å². The average molecular weight is 305 g/mol. The molecule has 4 rings (SSSR count). The van der Waals surface area contributed by atoms with Crippen molar-refractivity contribution in [3.05, 3.63) is 28.7 Å². The number of halogens is 1. The van der Waals surface area contributed by atoms with Crippen LogP contribution in [-0.4, -0.2) is 24.7 Å². The van der Waals surface area contributed by atoms with Crippen molar-refractivity contribution < 1.29 is 0 Å². The lowest BCUT2D eigenvalue weighted by Gasteiger charge is -2.23. The highest BCUT2D eigenvalue weighted by atomic mass is 35.5. The van der Waals surface area contributed by atoms with E-state index >= 15 is 0 Å². The number of fused-ring (bicyclic) bond motifs is 1. The van der Waals surface area contributed by atoms with Crippen LogP contribution in [0.15, 0.2) is 6.07 Å². The summed E-state index contributed by atoms with van der Waals surface area (Å²) in [6.45, 7) is 2.86. The van der Waals surface area contributed by atoms with E-state index in [2.05, 4.69) is 25.4 Å². The Balaban J connectivity index is 1.61. The topological polar surface area (TPSA) is 68.5 Å². The Morgan fingerprint density at radius 1 is 1.24 bits per heavy atom. The lowest BCUT2D eigenvalue weighted by Crippen LogP contribution is -2.23. The van der Waals surface area contributed by atoms with Gasteiger partial charge in [0.15, 0.2) is 0 Å². The molecule has 110 valence electrons. The van der Waals surface area contributed by atoms with Gasteiger partial charge in [0.05, 0.1) is 6.04 Å². The Labute approximate surface area is 128 Å². The monoisotopic (exact) mass is 304 g/mol. The van der Waals surface area contributed by atoms with Gasteiger partial charge in [0.2, 0.25) is 0 Å². The molecule has 1 unspecified atom stereocenters. The van der Waals surface area contributed by atoms with E-state index in [1.54, 1.807) is 6.07 Å². The van der Waals surface area contributed by atoms with Crippen molar-refractivity contribution in [3.8, 4) is 0 Å². The van der Waals surface area contributed by atoms with E-state index in [1.165, 1.54) is 0 Å². The van der Waals surface area contributed by atoms with Crippen molar-refractivity contribution in [2.75, 3.05) is 5.32 Å². The minimum absolute atomic E-state index is 0.137.